The molecule has 1 fully saturated rings. The quantitative estimate of drug-likeness (QED) is 0.734. The number of likely N-dealkylation sites (tertiary alicyclic amines) is 1. The van der Waals surface area contributed by atoms with Crippen LogP contribution in [0.5, 0.6) is 0 Å². The maximum Gasteiger partial charge on any atom is 0.123 e. The second kappa shape index (κ2) is 6.88. The van der Waals surface area contributed by atoms with Gasteiger partial charge >= 0.3 is 0 Å². The molecular formula is C14H18BrClFN. The molecule has 0 N–H and O–H groups in total. The SMILES string of the molecule is Fc1ccc(Cl)c(CN2CCCC(CCBr)C2)c1. The van der Waals surface area contributed by atoms with Gasteiger partial charge in [-0.1, -0.05) is 27.5 Å². The molecule has 4 heteroatoms. The summed E-state index contributed by atoms with van der Waals surface area (Å²) in [6.07, 6.45) is 3.75. The van der Waals surface area contributed by atoms with E-state index in [1.54, 1.807) is 12.1 Å². The predicted octanol–water partition coefficient (Wildman–Crippen LogP) is 4.48. The molecule has 2 rings (SSSR count). The van der Waals surface area contributed by atoms with Crippen LogP contribution in [0.4, 0.5) is 4.39 Å². The summed E-state index contributed by atoms with van der Waals surface area (Å²) in [5.41, 5.74) is 0.899. The lowest BCUT2D eigenvalue weighted by atomic mass is 9.95. The molecule has 1 unspecified atom stereocenters. The molecule has 0 radical (unpaired) electrons. The molecule has 1 saturated heterocycles. The van der Waals surface area contributed by atoms with Crippen LogP contribution in [0.15, 0.2) is 18.2 Å². The van der Waals surface area contributed by atoms with Crippen molar-refractivity contribution in [2.24, 2.45) is 5.92 Å². The molecule has 0 saturated carbocycles. The number of piperidine rings is 1. The molecule has 1 atom stereocenters. The molecule has 1 nitrogen and oxygen atoms in total. The van der Waals surface area contributed by atoms with E-state index in [9.17, 15) is 4.39 Å². The van der Waals surface area contributed by atoms with Crippen LogP contribution in [0.25, 0.3) is 0 Å². The number of rotatable bonds is 4. The van der Waals surface area contributed by atoms with E-state index in [1.165, 1.54) is 25.3 Å². The summed E-state index contributed by atoms with van der Waals surface area (Å²) in [5.74, 6) is 0.550. The van der Waals surface area contributed by atoms with Crippen LogP contribution in [-0.4, -0.2) is 23.3 Å². The molecule has 1 aliphatic heterocycles. The lowest BCUT2D eigenvalue weighted by Gasteiger charge is -2.32. The van der Waals surface area contributed by atoms with Crippen molar-refractivity contribution >= 4 is 27.5 Å². The van der Waals surface area contributed by atoms with Gasteiger partial charge in [-0.3, -0.25) is 4.90 Å². The average Bonchev–Trinajstić information content (AvgIpc) is 2.35. The van der Waals surface area contributed by atoms with Crippen LogP contribution in [0.3, 0.4) is 0 Å². The third-order valence-electron chi connectivity index (χ3n) is 3.52. The summed E-state index contributed by atoms with van der Waals surface area (Å²) in [6, 6.07) is 4.61. The van der Waals surface area contributed by atoms with Crippen molar-refractivity contribution < 1.29 is 4.39 Å². The van der Waals surface area contributed by atoms with Gasteiger partial charge in [0.2, 0.25) is 0 Å². The van der Waals surface area contributed by atoms with E-state index in [0.29, 0.717) is 5.02 Å². The molecule has 0 aromatic heterocycles. The molecule has 1 heterocycles. The Balaban J connectivity index is 1.98. The van der Waals surface area contributed by atoms with Crippen molar-refractivity contribution in [2.75, 3.05) is 18.4 Å². The number of alkyl halides is 1. The average molecular weight is 335 g/mol. The first-order valence-electron chi connectivity index (χ1n) is 6.41. The van der Waals surface area contributed by atoms with Gasteiger partial charge in [0.15, 0.2) is 0 Å². The molecule has 0 amide bonds. The highest BCUT2D eigenvalue weighted by atomic mass is 79.9. The summed E-state index contributed by atoms with van der Waals surface area (Å²) in [4.78, 5) is 2.39. The Hall–Kier alpha value is -0.120. The van der Waals surface area contributed by atoms with Crippen molar-refractivity contribution in [3.8, 4) is 0 Å². The largest absolute Gasteiger partial charge is 0.299 e. The van der Waals surface area contributed by atoms with Crippen LogP contribution in [0.2, 0.25) is 5.02 Å². The Kier molecular flexibility index (Phi) is 5.46. The summed E-state index contributed by atoms with van der Waals surface area (Å²) in [7, 11) is 0. The number of halogens is 3. The minimum Gasteiger partial charge on any atom is -0.299 e. The van der Waals surface area contributed by atoms with E-state index in [0.717, 1.165) is 36.4 Å². The molecule has 0 aliphatic carbocycles. The van der Waals surface area contributed by atoms with Crippen molar-refractivity contribution in [3.05, 3.63) is 34.6 Å². The van der Waals surface area contributed by atoms with Gasteiger partial charge in [0.25, 0.3) is 0 Å². The van der Waals surface area contributed by atoms with Gasteiger partial charge < -0.3 is 0 Å². The van der Waals surface area contributed by atoms with E-state index in [4.69, 9.17) is 11.6 Å². The molecule has 1 aliphatic rings. The van der Waals surface area contributed by atoms with Crippen LogP contribution < -0.4 is 0 Å². The maximum absolute atomic E-state index is 13.2. The van der Waals surface area contributed by atoms with E-state index >= 15 is 0 Å². The van der Waals surface area contributed by atoms with Crippen LogP contribution >= 0.6 is 27.5 Å². The highest BCUT2D eigenvalue weighted by Crippen LogP contribution is 2.24. The monoisotopic (exact) mass is 333 g/mol. The smallest absolute Gasteiger partial charge is 0.123 e. The van der Waals surface area contributed by atoms with Gasteiger partial charge in [0.05, 0.1) is 0 Å². The van der Waals surface area contributed by atoms with Crippen molar-refractivity contribution in [3.63, 3.8) is 0 Å². The predicted molar refractivity (Wildman–Crippen MR) is 77.8 cm³/mol. The highest BCUT2D eigenvalue weighted by Gasteiger charge is 2.20. The lowest BCUT2D eigenvalue weighted by Crippen LogP contribution is -2.35. The summed E-state index contributed by atoms with van der Waals surface area (Å²) in [5, 5.41) is 1.73. The number of hydrogen-bond acceptors (Lipinski definition) is 1. The van der Waals surface area contributed by atoms with Gasteiger partial charge in [-0.2, -0.15) is 0 Å². The number of nitrogens with zero attached hydrogens (tertiary/aromatic N) is 1. The number of hydrogen-bond donors (Lipinski definition) is 0. The minimum atomic E-state index is -0.205. The zero-order valence-corrected chi connectivity index (χ0v) is 12.7. The van der Waals surface area contributed by atoms with Gasteiger partial charge in [0.1, 0.15) is 5.82 Å². The zero-order chi connectivity index (χ0) is 13.0. The Bertz CT molecular complexity index is 397. The van der Waals surface area contributed by atoms with Crippen molar-refractivity contribution in [1.82, 2.24) is 4.90 Å². The van der Waals surface area contributed by atoms with Crippen LogP contribution in [-0.2, 0) is 6.54 Å². The minimum absolute atomic E-state index is 0.205. The third-order valence-corrected chi connectivity index (χ3v) is 4.35. The fourth-order valence-electron chi connectivity index (χ4n) is 2.59. The molecule has 1 aromatic rings. The van der Waals surface area contributed by atoms with E-state index in [1.807, 2.05) is 0 Å². The van der Waals surface area contributed by atoms with Crippen molar-refractivity contribution in [1.29, 1.82) is 0 Å². The third kappa shape index (κ3) is 3.94. The highest BCUT2D eigenvalue weighted by molar-refractivity contribution is 9.09. The van der Waals surface area contributed by atoms with E-state index < -0.39 is 0 Å². The molecular weight excluding hydrogens is 317 g/mol. The second-order valence-corrected chi connectivity index (χ2v) is 6.16. The summed E-state index contributed by atoms with van der Waals surface area (Å²) >= 11 is 9.62. The first kappa shape index (κ1) is 14.3. The summed E-state index contributed by atoms with van der Waals surface area (Å²) in [6.45, 7) is 2.94. The Labute approximate surface area is 121 Å². The van der Waals surface area contributed by atoms with Gasteiger partial charge in [0, 0.05) is 23.4 Å². The van der Waals surface area contributed by atoms with Crippen LogP contribution in [0, 0.1) is 11.7 Å². The molecule has 100 valence electrons. The molecule has 1 aromatic carbocycles. The fourth-order valence-corrected chi connectivity index (χ4v) is 3.42. The molecule has 0 spiro atoms. The van der Waals surface area contributed by atoms with Gasteiger partial charge in [-0.15, -0.1) is 0 Å². The number of benzene rings is 1. The van der Waals surface area contributed by atoms with Gasteiger partial charge in [-0.05, 0) is 55.5 Å². The topological polar surface area (TPSA) is 3.24 Å². The Morgan fingerprint density at radius 1 is 1.44 bits per heavy atom. The lowest BCUT2D eigenvalue weighted by molar-refractivity contribution is 0.165. The Morgan fingerprint density at radius 2 is 2.28 bits per heavy atom. The summed E-state index contributed by atoms with van der Waals surface area (Å²) < 4.78 is 13.2. The van der Waals surface area contributed by atoms with E-state index in [2.05, 4.69) is 20.8 Å². The molecule has 18 heavy (non-hydrogen) atoms. The maximum atomic E-state index is 13.2. The zero-order valence-electron chi connectivity index (χ0n) is 10.3. The van der Waals surface area contributed by atoms with Gasteiger partial charge in [-0.25, -0.2) is 4.39 Å². The Morgan fingerprint density at radius 3 is 3.06 bits per heavy atom. The first-order valence-corrected chi connectivity index (χ1v) is 7.91. The van der Waals surface area contributed by atoms with Crippen LogP contribution in [0.1, 0.15) is 24.8 Å². The first-order chi connectivity index (χ1) is 8.69. The van der Waals surface area contributed by atoms with Crippen molar-refractivity contribution in [2.45, 2.75) is 25.8 Å². The van der Waals surface area contributed by atoms with E-state index in [-0.39, 0.29) is 5.82 Å². The molecule has 0 bridgehead atoms. The standard InChI is InChI=1S/C14H18BrClFN/c15-6-5-11-2-1-7-18(9-11)10-12-8-13(17)3-4-14(12)16/h3-4,8,11H,1-2,5-7,9-10H2. The second-order valence-electron chi connectivity index (χ2n) is 4.96. The normalized spacial score (nSPS) is 21.2. The fraction of sp³-hybridized carbons (Fsp3) is 0.571.